The number of carbonyl (C=O) groups is 2. The average molecular weight is 287 g/mol. The number of aryl methyl sites for hydroxylation is 1. The van der Waals surface area contributed by atoms with E-state index in [0.29, 0.717) is 5.56 Å². The second kappa shape index (κ2) is 4.50. The highest BCUT2D eigenvalue weighted by atomic mass is 19.4. The maximum atomic E-state index is 12.6. The minimum absolute atomic E-state index is 0.0163. The predicted molar refractivity (Wildman–Crippen MR) is 64.1 cm³/mol. The zero-order chi connectivity index (χ0) is 15.1. The van der Waals surface area contributed by atoms with Crippen LogP contribution in [0.4, 0.5) is 18.9 Å². The summed E-state index contributed by atoms with van der Waals surface area (Å²) < 4.78 is 37.8. The van der Waals surface area contributed by atoms with Crippen molar-refractivity contribution in [2.75, 3.05) is 5.32 Å². The summed E-state index contributed by atoms with van der Waals surface area (Å²) >= 11 is 0. The van der Waals surface area contributed by atoms with Gasteiger partial charge in [0.15, 0.2) is 0 Å². The quantitative estimate of drug-likeness (QED) is 0.840. The molecule has 0 unspecified atom stereocenters. The number of benzene rings is 1. The second-order valence-electron chi connectivity index (χ2n) is 4.87. The van der Waals surface area contributed by atoms with Crippen molar-refractivity contribution in [3.8, 4) is 0 Å². The van der Waals surface area contributed by atoms with E-state index in [4.69, 9.17) is 5.11 Å². The lowest BCUT2D eigenvalue weighted by atomic mass is 10.1. The average Bonchev–Trinajstić information content (AvgIpc) is 3.11. The monoisotopic (exact) mass is 287 g/mol. The van der Waals surface area contributed by atoms with Crippen molar-refractivity contribution in [2.24, 2.45) is 5.41 Å². The zero-order valence-electron chi connectivity index (χ0n) is 10.5. The Kier molecular flexibility index (Phi) is 3.23. The van der Waals surface area contributed by atoms with Gasteiger partial charge in [-0.2, -0.15) is 13.2 Å². The Morgan fingerprint density at radius 3 is 2.35 bits per heavy atom. The first kappa shape index (κ1) is 14.4. The lowest BCUT2D eigenvalue weighted by Gasteiger charge is -2.15. The van der Waals surface area contributed by atoms with E-state index in [1.54, 1.807) is 0 Å². The van der Waals surface area contributed by atoms with Crippen LogP contribution in [0.1, 0.15) is 24.0 Å². The molecule has 0 atom stereocenters. The molecule has 7 heteroatoms. The highest BCUT2D eigenvalue weighted by Crippen LogP contribution is 2.47. The van der Waals surface area contributed by atoms with E-state index in [9.17, 15) is 22.8 Å². The van der Waals surface area contributed by atoms with Crippen LogP contribution in [0.25, 0.3) is 0 Å². The van der Waals surface area contributed by atoms with Gasteiger partial charge >= 0.3 is 12.1 Å². The topological polar surface area (TPSA) is 66.4 Å². The number of carbonyl (C=O) groups excluding carboxylic acids is 1. The molecule has 1 fully saturated rings. The fourth-order valence-electron chi connectivity index (χ4n) is 1.84. The number of halogens is 3. The first-order valence-corrected chi connectivity index (χ1v) is 5.89. The van der Waals surface area contributed by atoms with Gasteiger partial charge in [0, 0.05) is 5.69 Å². The van der Waals surface area contributed by atoms with Crippen molar-refractivity contribution in [1.82, 2.24) is 0 Å². The number of nitrogens with one attached hydrogen (secondary N) is 1. The van der Waals surface area contributed by atoms with Gasteiger partial charge in [0.25, 0.3) is 0 Å². The summed E-state index contributed by atoms with van der Waals surface area (Å²) in [5, 5.41) is 11.3. The number of carboxylic acid groups (broad SMARTS) is 1. The van der Waals surface area contributed by atoms with Crippen molar-refractivity contribution >= 4 is 17.6 Å². The molecule has 1 saturated carbocycles. The summed E-state index contributed by atoms with van der Waals surface area (Å²) in [6.07, 6.45) is -4.12. The summed E-state index contributed by atoms with van der Waals surface area (Å²) in [6, 6.07) is 2.96. The number of rotatable bonds is 3. The van der Waals surface area contributed by atoms with E-state index in [2.05, 4.69) is 5.32 Å². The normalized spacial score (nSPS) is 16.6. The van der Waals surface area contributed by atoms with Gasteiger partial charge in [-0.15, -0.1) is 0 Å². The number of carboxylic acids is 1. The van der Waals surface area contributed by atoms with Crippen LogP contribution in [0, 0.1) is 12.3 Å². The second-order valence-corrected chi connectivity index (χ2v) is 4.87. The minimum Gasteiger partial charge on any atom is -0.480 e. The largest absolute Gasteiger partial charge is 0.480 e. The van der Waals surface area contributed by atoms with Crippen LogP contribution in [-0.4, -0.2) is 17.0 Å². The fourth-order valence-corrected chi connectivity index (χ4v) is 1.84. The Morgan fingerprint density at radius 2 is 1.90 bits per heavy atom. The fraction of sp³-hybridized carbons (Fsp3) is 0.385. The van der Waals surface area contributed by atoms with E-state index in [1.807, 2.05) is 0 Å². The molecule has 0 saturated heterocycles. The van der Waals surface area contributed by atoms with Crippen LogP contribution in [-0.2, 0) is 15.8 Å². The van der Waals surface area contributed by atoms with Gasteiger partial charge in [-0.3, -0.25) is 9.59 Å². The number of alkyl halides is 3. The molecule has 20 heavy (non-hydrogen) atoms. The van der Waals surface area contributed by atoms with Crippen molar-refractivity contribution in [1.29, 1.82) is 0 Å². The Labute approximate surface area is 112 Å². The van der Waals surface area contributed by atoms with E-state index in [-0.39, 0.29) is 18.5 Å². The standard InChI is InChI=1S/C13H12F3NO3/c1-7-2-3-8(13(14,15)16)6-9(7)17-10(18)12(4-5-12)11(19)20/h2-3,6H,4-5H2,1H3,(H,17,18)(H,19,20). The molecule has 0 bridgehead atoms. The molecule has 2 N–H and O–H groups in total. The van der Waals surface area contributed by atoms with E-state index in [1.165, 1.54) is 13.0 Å². The van der Waals surface area contributed by atoms with Crippen molar-refractivity contribution < 1.29 is 27.9 Å². The van der Waals surface area contributed by atoms with Crippen LogP contribution in [0.2, 0.25) is 0 Å². The number of anilines is 1. The molecule has 1 amide bonds. The number of amides is 1. The van der Waals surface area contributed by atoms with E-state index < -0.39 is 29.0 Å². The van der Waals surface area contributed by atoms with Gasteiger partial charge < -0.3 is 10.4 Å². The number of hydrogen-bond donors (Lipinski definition) is 2. The molecular weight excluding hydrogens is 275 g/mol. The third-order valence-electron chi connectivity index (χ3n) is 3.41. The highest BCUT2D eigenvalue weighted by molar-refractivity contribution is 6.11. The number of aliphatic carboxylic acids is 1. The van der Waals surface area contributed by atoms with Crippen LogP contribution in [0.15, 0.2) is 18.2 Å². The van der Waals surface area contributed by atoms with E-state index >= 15 is 0 Å². The van der Waals surface area contributed by atoms with Crippen LogP contribution < -0.4 is 5.32 Å². The minimum atomic E-state index is -4.52. The predicted octanol–water partition coefficient (Wildman–Crippen LogP) is 2.82. The first-order valence-electron chi connectivity index (χ1n) is 5.89. The molecule has 1 aromatic rings. The molecule has 0 spiro atoms. The highest BCUT2D eigenvalue weighted by Gasteiger charge is 2.57. The van der Waals surface area contributed by atoms with Crippen molar-refractivity contribution in [3.63, 3.8) is 0 Å². The summed E-state index contributed by atoms with van der Waals surface area (Å²) in [6.45, 7) is 1.54. The molecule has 0 radical (unpaired) electrons. The summed E-state index contributed by atoms with van der Waals surface area (Å²) in [4.78, 5) is 22.9. The molecule has 1 aromatic carbocycles. The maximum Gasteiger partial charge on any atom is 0.416 e. The Balaban J connectivity index is 2.26. The van der Waals surface area contributed by atoms with E-state index in [0.717, 1.165) is 12.1 Å². The smallest absolute Gasteiger partial charge is 0.416 e. The Hall–Kier alpha value is -2.05. The summed E-state index contributed by atoms with van der Waals surface area (Å²) in [5.41, 5.74) is -1.95. The lowest BCUT2D eigenvalue weighted by molar-refractivity contribution is -0.147. The first-order chi connectivity index (χ1) is 9.17. The molecule has 108 valence electrons. The van der Waals surface area contributed by atoms with Gasteiger partial charge in [-0.1, -0.05) is 6.07 Å². The van der Waals surface area contributed by atoms with Gasteiger partial charge in [0.2, 0.25) is 5.91 Å². The molecule has 0 heterocycles. The van der Waals surface area contributed by atoms with Gasteiger partial charge in [0.1, 0.15) is 5.41 Å². The van der Waals surface area contributed by atoms with Crippen LogP contribution in [0.5, 0.6) is 0 Å². The molecule has 0 aromatic heterocycles. The van der Waals surface area contributed by atoms with Crippen molar-refractivity contribution in [2.45, 2.75) is 25.9 Å². The molecule has 2 rings (SSSR count). The molecular formula is C13H12F3NO3. The van der Waals surface area contributed by atoms with Crippen LogP contribution >= 0.6 is 0 Å². The third-order valence-corrected chi connectivity index (χ3v) is 3.41. The molecule has 1 aliphatic carbocycles. The van der Waals surface area contributed by atoms with Crippen molar-refractivity contribution in [3.05, 3.63) is 29.3 Å². The molecule has 1 aliphatic rings. The molecule has 0 aliphatic heterocycles. The zero-order valence-corrected chi connectivity index (χ0v) is 10.5. The lowest BCUT2D eigenvalue weighted by Crippen LogP contribution is -2.31. The Morgan fingerprint density at radius 1 is 1.30 bits per heavy atom. The third kappa shape index (κ3) is 2.48. The number of hydrogen-bond acceptors (Lipinski definition) is 2. The Bertz CT molecular complexity index is 577. The summed E-state index contributed by atoms with van der Waals surface area (Å²) in [5.74, 6) is -2.02. The molecule has 4 nitrogen and oxygen atoms in total. The van der Waals surface area contributed by atoms with Gasteiger partial charge in [-0.05, 0) is 37.5 Å². The van der Waals surface area contributed by atoms with Gasteiger partial charge in [-0.25, -0.2) is 0 Å². The maximum absolute atomic E-state index is 12.6. The SMILES string of the molecule is Cc1ccc(C(F)(F)F)cc1NC(=O)C1(C(=O)O)CC1. The summed E-state index contributed by atoms with van der Waals surface area (Å²) in [7, 11) is 0. The van der Waals surface area contributed by atoms with Crippen LogP contribution in [0.3, 0.4) is 0 Å². The van der Waals surface area contributed by atoms with Gasteiger partial charge in [0.05, 0.1) is 5.56 Å².